The first-order valence-corrected chi connectivity index (χ1v) is 9.07. The van der Waals surface area contributed by atoms with Gasteiger partial charge in [0.25, 0.3) is 0 Å². The Morgan fingerprint density at radius 3 is 1.95 bits per heavy atom. The molecule has 7 heteroatoms. The van der Waals surface area contributed by atoms with Gasteiger partial charge in [-0.05, 0) is 81.6 Å². The van der Waals surface area contributed by atoms with Crippen LogP contribution in [0.5, 0.6) is 11.5 Å². The van der Waals surface area contributed by atoms with Gasteiger partial charge in [-0.2, -0.15) is 0 Å². The van der Waals surface area contributed by atoms with Crippen molar-refractivity contribution in [3.8, 4) is 11.5 Å². The Labute approximate surface area is 144 Å². The average Bonchev–Trinajstić information content (AvgIpc) is 2.44. The number of phenols is 1. The molecule has 0 aromatic heterocycles. The maximum absolute atomic E-state index is 12.5. The molecule has 0 aliphatic rings. The number of ether oxygens (including phenoxy) is 1. The molecule has 106 valence electrons. The first kappa shape index (κ1) is 15.8. The molecule has 0 unspecified atom stereocenters. The summed E-state index contributed by atoms with van der Waals surface area (Å²) in [5.41, 5.74) is 0. The van der Waals surface area contributed by atoms with Crippen molar-refractivity contribution in [2.24, 2.45) is 0 Å². The predicted molar refractivity (Wildman–Crippen MR) is 92.0 cm³/mol. The summed E-state index contributed by atoms with van der Waals surface area (Å²) in [6.07, 6.45) is 0. The van der Waals surface area contributed by atoms with Crippen LogP contribution >= 0.6 is 45.2 Å². The Morgan fingerprint density at radius 1 is 1.00 bits per heavy atom. The molecule has 1 N–H and O–H groups in total. The number of benzene rings is 2. The average molecular weight is 516 g/mol. The van der Waals surface area contributed by atoms with Crippen molar-refractivity contribution in [2.75, 3.05) is 7.11 Å². The topological polar surface area (TPSA) is 63.6 Å². The number of hydrogen-bond donors (Lipinski definition) is 1. The number of halogens is 2. The minimum atomic E-state index is -3.60. The summed E-state index contributed by atoms with van der Waals surface area (Å²) in [5, 5.41) is 9.71. The third-order valence-corrected chi connectivity index (χ3v) is 6.06. The molecule has 20 heavy (non-hydrogen) atoms. The number of hydrogen-bond acceptors (Lipinski definition) is 4. The highest BCUT2D eigenvalue weighted by molar-refractivity contribution is 14.1. The van der Waals surface area contributed by atoms with Crippen LogP contribution in [0, 0.1) is 7.14 Å². The second-order valence-corrected chi connectivity index (χ2v) is 8.19. The van der Waals surface area contributed by atoms with Crippen LogP contribution in [0.15, 0.2) is 46.2 Å². The second kappa shape index (κ2) is 6.06. The Morgan fingerprint density at radius 2 is 1.50 bits per heavy atom. The molecular weight excluding hydrogens is 506 g/mol. The van der Waals surface area contributed by atoms with Gasteiger partial charge in [-0.1, -0.05) is 0 Å². The highest BCUT2D eigenvalue weighted by Crippen LogP contribution is 2.32. The van der Waals surface area contributed by atoms with Gasteiger partial charge in [0.1, 0.15) is 11.5 Å². The van der Waals surface area contributed by atoms with Crippen LogP contribution < -0.4 is 4.74 Å². The van der Waals surface area contributed by atoms with Crippen molar-refractivity contribution >= 4 is 55.0 Å². The molecular formula is C13H10I2O4S. The molecule has 2 rings (SSSR count). The van der Waals surface area contributed by atoms with Crippen LogP contribution in [0.4, 0.5) is 0 Å². The maximum Gasteiger partial charge on any atom is 0.206 e. The number of sulfone groups is 1. The number of methoxy groups -OCH3 is 1. The maximum atomic E-state index is 12.5. The Kier molecular flexibility index (Phi) is 4.80. The molecule has 0 saturated heterocycles. The number of rotatable bonds is 3. The van der Waals surface area contributed by atoms with Gasteiger partial charge < -0.3 is 9.84 Å². The summed E-state index contributed by atoms with van der Waals surface area (Å²) >= 11 is 3.81. The van der Waals surface area contributed by atoms with Crippen LogP contribution in [0.2, 0.25) is 0 Å². The first-order valence-electron chi connectivity index (χ1n) is 5.43. The molecule has 0 spiro atoms. The van der Waals surface area contributed by atoms with E-state index in [4.69, 9.17) is 4.74 Å². The van der Waals surface area contributed by atoms with Gasteiger partial charge in [0.2, 0.25) is 9.84 Å². The highest BCUT2D eigenvalue weighted by atomic mass is 127. The van der Waals surface area contributed by atoms with Gasteiger partial charge >= 0.3 is 0 Å². The van der Waals surface area contributed by atoms with E-state index in [1.54, 1.807) is 12.1 Å². The molecule has 0 aliphatic heterocycles. The van der Waals surface area contributed by atoms with E-state index >= 15 is 0 Å². The van der Waals surface area contributed by atoms with Gasteiger partial charge in [-0.25, -0.2) is 8.42 Å². The molecule has 0 fully saturated rings. The van der Waals surface area contributed by atoms with E-state index in [2.05, 4.69) is 0 Å². The van der Waals surface area contributed by atoms with Crippen molar-refractivity contribution in [1.82, 2.24) is 0 Å². The number of phenolic OH excluding ortho intramolecular Hbond substituents is 1. The molecule has 2 aromatic carbocycles. The fourth-order valence-electron chi connectivity index (χ4n) is 1.59. The standard InChI is InChI=1S/C13H10I2O4S/c1-19-8-2-4-9(5-3-8)20(17,18)10-6-11(14)13(16)12(15)7-10/h2-7,16H,1H3. The molecule has 2 aromatic rings. The minimum Gasteiger partial charge on any atom is -0.506 e. The molecule has 0 radical (unpaired) electrons. The molecule has 0 aliphatic carbocycles. The van der Waals surface area contributed by atoms with Crippen molar-refractivity contribution in [2.45, 2.75) is 9.79 Å². The second-order valence-electron chi connectivity index (χ2n) is 3.91. The van der Waals surface area contributed by atoms with E-state index < -0.39 is 9.84 Å². The summed E-state index contributed by atoms with van der Waals surface area (Å²) in [6.45, 7) is 0. The van der Waals surface area contributed by atoms with Crippen LogP contribution in [-0.2, 0) is 9.84 Å². The molecule has 0 bridgehead atoms. The summed E-state index contributed by atoms with van der Waals surface area (Å²) in [4.78, 5) is 0.352. The number of aromatic hydroxyl groups is 1. The lowest BCUT2D eigenvalue weighted by atomic mass is 10.3. The van der Waals surface area contributed by atoms with E-state index in [0.29, 0.717) is 12.9 Å². The zero-order chi connectivity index (χ0) is 14.9. The van der Waals surface area contributed by atoms with Gasteiger partial charge in [0.15, 0.2) is 0 Å². The molecule has 4 nitrogen and oxygen atoms in total. The lowest BCUT2D eigenvalue weighted by Crippen LogP contribution is -2.03. The van der Waals surface area contributed by atoms with Crippen LogP contribution in [0.25, 0.3) is 0 Å². The van der Waals surface area contributed by atoms with Crippen LogP contribution in [-0.4, -0.2) is 20.6 Å². The van der Waals surface area contributed by atoms with E-state index in [9.17, 15) is 13.5 Å². The fraction of sp³-hybridized carbons (Fsp3) is 0.0769. The van der Waals surface area contributed by atoms with E-state index in [0.717, 1.165) is 0 Å². The summed E-state index contributed by atoms with van der Waals surface area (Å²) in [5.74, 6) is 0.693. The van der Waals surface area contributed by atoms with Crippen molar-refractivity contribution < 1.29 is 18.3 Å². The van der Waals surface area contributed by atoms with Crippen molar-refractivity contribution in [3.05, 3.63) is 43.5 Å². The Bertz CT molecular complexity index is 716. The fourth-order valence-corrected chi connectivity index (χ4v) is 5.09. The quantitative estimate of drug-likeness (QED) is 0.636. The van der Waals surface area contributed by atoms with E-state index in [1.165, 1.54) is 31.4 Å². The lowest BCUT2D eigenvalue weighted by molar-refractivity contribution is 0.414. The van der Waals surface area contributed by atoms with E-state index in [-0.39, 0.29) is 15.5 Å². The lowest BCUT2D eigenvalue weighted by Gasteiger charge is -2.08. The van der Waals surface area contributed by atoms with Crippen molar-refractivity contribution in [1.29, 1.82) is 0 Å². The smallest absolute Gasteiger partial charge is 0.206 e. The van der Waals surface area contributed by atoms with Gasteiger partial charge in [-0.15, -0.1) is 0 Å². The van der Waals surface area contributed by atoms with Crippen LogP contribution in [0.1, 0.15) is 0 Å². The normalized spacial score (nSPS) is 11.3. The third kappa shape index (κ3) is 3.03. The molecule has 0 amide bonds. The SMILES string of the molecule is COc1ccc(S(=O)(=O)c2cc(I)c(O)c(I)c2)cc1. The Hall–Kier alpha value is -0.550. The largest absolute Gasteiger partial charge is 0.506 e. The van der Waals surface area contributed by atoms with Gasteiger partial charge in [0, 0.05) is 0 Å². The molecule has 0 saturated carbocycles. The predicted octanol–water partition coefficient (Wildman–Crippen LogP) is 3.44. The zero-order valence-corrected chi connectivity index (χ0v) is 15.4. The summed E-state index contributed by atoms with van der Waals surface area (Å²) in [7, 11) is -2.08. The first-order chi connectivity index (χ1) is 9.36. The minimum absolute atomic E-state index is 0.0971. The van der Waals surface area contributed by atoms with Gasteiger partial charge in [0.05, 0.1) is 24.0 Å². The zero-order valence-electron chi connectivity index (χ0n) is 10.3. The van der Waals surface area contributed by atoms with Gasteiger partial charge in [-0.3, -0.25) is 0 Å². The van der Waals surface area contributed by atoms with Crippen molar-refractivity contribution in [3.63, 3.8) is 0 Å². The van der Waals surface area contributed by atoms with Crippen LogP contribution in [0.3, 0.4) is 0 Å². The highest BCUT2D eigenvalue weighted by Gasteiger charge is 2.20. The Balaban J connectivity index is 2.54. The third-order valence-electron chi connectivity index (χ3n) is 2.67. The monoisotopic (exact) mass is 516 g/mol. The molecule has 0 heterocycles. The van der Waals surface area contributed by atoms with E-state index in [1.807, 2.05) is 45.2 Å². The molecule has 0 atom stereocenters. The summed E-state index contributed by atoms with van der Waals surface area (Å²) in [6, 6.07) is 9.11. The summed E-state index contributed by atoms with van der Waals surface area (Å²) < 4.78 is 31.1.